The molecule has 2 aliphatic heterocycles. The van der Waals surface area contributed by atoms with Gasteiger partial charge in [0.2, 0.25) is 0 Å². The smallest absolute Gasteiger partial charge is 0.342 e. The molecular weight excluding hydrogens is 416 g/mol. The normalized spacial score (nSPS) is 48.8. The second-order valence-electron chi connectivity index (χ2n) is 10.0. The summed E-state index contributed by atoms with van der Waals surface area (Å²) in [7, 11) is 0. The Morgan fingerprint density at radius 2 is 1.84 bits per heavy atom. The molecule has 8 heteroatoms. The summed E-state index contributed by atoms with van der Waals surface area (Å²) in [6, 6.07) is 0. The number of aliphatic hydroxyl groups is 1. The number of hydrogen-bond donors (Lipinski definition) is 1. The highest BCUT2D eigenvalue weighted by Crippen LogP contribution is 2.64. The maximum atomic E-state index is 12.6. The lowest BCUT2D eigenvalue weighted by molar-refractivity contribution is -0.171. The van der Waals surface area contributed by atoms with Crippen molar-refractivity contribution in [2.45, 2.75) is 90.0 Å². The molecule has 0 aromatic rings. The van der Waals surface area contributed by atoms with Crippen LogP contribution in [-0.4, -0.2) is 58.6 Å². The molecule has 2 aliphatic carbocycles. The molecule has 8 nitrogen and oxygen atoms in total. The van der Waals surface area contributed by atoms with E-state index in [1.54, 1.807) is 13.0 Å². The molecule has 1 spiro atoms. The molecule has 4 rings (SSSR count). The van der Waals surface area contributed by atoms with E-state index in [9.17, 15) is 19.5 Å². The Labute approximate surface area is 187 Å². The summed E-state index contributed by atoms with van der Waals surface area (Å²) >= 11 is 0. The predicted molar refractivity (Wildman–Crippen MR) is 112 cm³/mol. The van der Waals surface area contributed by atoms with Gasteiger partial charge in [0.05, 0.1) is 6.10 Å². The highest BCUT2D eigenvalue weighted by atomic mass is 16.7. The molecule has 4 aliphatic rings. The van der Waals surface area contributed by atoms with Crippen molar-refractivity contribution in [3.63, 3.8) is 0 Å². The van der Waals surface area contributed by atoms with Gasteiger partial charge < -0.3 is 24.1 Å². The van der Waals surface area contributed by atoms with Gasteiger partial charge in [-0.25, -0.2) is 4.79 Å². The van der Waals surface area contributed by atoms with Crippen LogP contribution in [0, 0.1) is 17.3 Å². The number of hydrogen-bond acceptors (Lipinski definition) is 8. The Bertz CT molecular complexity index is 908. The molecule has 2 fully saturated rings. The van der Waals surface area contributed by atoms with E-state index in [1.807, 2.05) is 32.9 Å². The standard InChI is InChI=1S/C24H32O8/c1-12-7-8-17(30-15(4)26)22(5)10-9-16(29-14(3)25)13(2)19(22)20(27)24-18(11-12)31-21(28)23(24,6)32-24/h9-11,13,16-20,27H,7-8H2,1-6H3/b12-11-/t13-,16+,17-,18-,19+,20-,22+,23-,24+/m0/s1. The van der Waals surface area contributed by atoms with Crippen molar-refractivity contribution < 1.29 is 38.4 Å². The van der Waals surface area contributed by atoms with E-state index in [-0.39, 0.29) is 5.92 Å². The maximum Gasteiger partial charge on any atom is 0.342 e. The third-order valence-electron chi connectivity index (χ3n) is 7.89. The van der Waals surface area contributed by atoms with Gasteiger partial charge in [-0.05, 0) is 38.8 Å². The number of carbonyl (C=O) groups is 3. The van der Waals surface area contributed by atoms with Crippen LogP contribution in [0.5, 0.6) is 0 Å². The van der Waals surface area contributed by atoms with E-state index in [1.165, 1.54) is 13.8 Å². The molecule has 0 aromatic carbocycles. The van der Waals surface area contributed by atoms with Crippen molar-refractivity contribution >= 4 is 17.9 Å². The lowest BCUT2D eigenvalue weighted by atomic mass is 9.57. The number of esters is 3. The Morgan fingerprint density at radius 1 is 1.19 bits per heavy atom. The van der Waals surface area contributed by atoms with Crippen molar-refractivity contribution in [2.75, 3.05) is 0 Å². The van der Waals surface area contributed by atoms with Gasteiger partial charge >= 0.3 is 17.9 Å². The van der Waals surface area contributed by atoms with Crippen LogP contribution in [0.2, 0.25) is 0 Å². The highest BCUT2D eigenvalue weighted by molar-refractivity contribution is 5.88. The minimum Gasteiger partial charge on any atom is -0.462 e. The van der Waals surface area contributed by atoms with Crippen LogP contribution < -0.4 is 0 Å². The fourth-order valence-electron chi connectivity index (χ4n) is 6.14. The third kappa shape index (κ3) is 3.14. The number of carbonyl (C=O) groups excluding carboxylic acids is 3. The Kier molecular flexibility index (Phi) is 5.33. The number of fused-ring (bicyclic) bond motifs is 1. The number of rotatable bonds is 2. The molecule has 9 atom stereocenters. The van der Waals surface area contributed by atoms with Crippen LogP contribution in [0.25, 0.3) is 0 Å². The summed E-state index contributed by atoms with van der Waals surface area (Å²) in [4.78, 5) is 36.4. The van der Waals surface area contributed by atoms with Crippen LogP contribution in [0.4, 0.5) is 0 Å². The van der Waals surface area contributed by atoms with Crippen molar-refractivity contribution in [1.29, 1.82) is 0 Å². The van der Waals surface area contributed by atoms with Gasteiger partial charge in [0, 0.05) is 31.1 Å². The molecule has 2 heterocycles. The minimum atomic E-state index is -1.26. The van der Waals surface area contributed by atoms with E-state index in [2.05, 4.69) is 0 Å². The van der Waals surface area contributed by atoms with Crippen molar-refractivity contribution in [3.05, 3.63) is 23.8 Å². The summed E-state index contributed by atoms with van der Waals surface area (Å²) < 4.78 is 22.9. The molecule has 0 bridgehead atoms. The first-order chi connectivity index (χ1) is 14.9. The molecule has 0 unspecified atom stereocenters. The number of allylic oxidation sites excluding steroid dienone is 1. The summed E-state index contributed by atoms with van der Waals surface area (Å²) in [5.74, 6) is -2.23. The molecule has 0 amide bonds. The Hall–Kier alpha value is -2.19. The van der Waals surface area contributed by atoms with Gasteiger partial charge in [-0.1, -0.05) is 25.5 Å². The fourth-order valence-corrected chi connectivity index (χ4v) is 6.14. The van der Waals surface area contributed by atoms with Gasteiger partial charge in [-0.3, -0.25) is 9.59 Å². The zero-order chi connectivity index (χ0) is 23.6. The van der Waals surface area contributed by atoms with E-state index in [0.29, 0.717) is 12.8 Å². The Balaban J connectivity index is 1.86. The first kappa shape index (κ1) is 23.0. The first-order valence-corrected chi connectivity index (χ1v) is 11.2. The van der Waals surface area contributed by atoms with Gasteiger partial charge in [0.25, 0.3) is 0 Å². The van der Waals surface area contributed by atoms with Crippen LogP contribution in [0.15, 0.2) is 23.8 Å². The number of ether oxygens (including phenoxy) is 4. The lowest BCUT2D eigenvalue weighted by Gasteiger charge is -2.51. The van der Waals surface area contributed by atoms with Crippen LogP contribution in [0.1, 0.15) is 54.4 Å². The maximum absolute atomic E-state index is 12.6. The molecular formula is C24H32O8. The number of epoxide rings is 1. The second kappa shape index (κ2) is 7.42. The van der Waals surface area contributed by atoms with Gasteiger partial charge in [0.1, 0.15) is 12.2 Å². The van der Waals surface area contributed by atoms with E-state index < -0.39 is 64.9 Å². The average molecular weight is 449 g/mol. The molecule has 0 radical (unpaired) electrons. The predicted octanol–water partition coefficient (Wildman–Crippen LogP) is 2.23. The summed E-state index contributed by atoms with van der Waals surface area (Å²) in [5, 5.41) is 11.9. The van der Waals surface area contributed by atoms with Crippen molar-refractivity contribution in [2.24, 2.45) is 17.3 Å². The van der Waals surface area contributed by atoms with Crippen LogP contribution in [0.3, 0.4) is 0 Å². The Morgan fingerprint density at radius 3 is 2.44 bits per heavy atom. The van der Waals surface area contributed by atoms with Crippen LogP contribution >= 0.6 is 0 Å². The second-order valence-corrected chi connectivity index (χ2v) is 10.0. The van der Waals surface area contributed by atoms with Gasteiger partial charge in [0.15, 0.2) is 17.3 Å². The molecule has 0 saturated carbocycles. The van der Waals surface area contributed by atoms with E-state index >= 15 is 0 Å². The molecule has 2 saturated heterocycles. The largest absolute Gasteiger partial charge is 0.462 e. The quantitative estimate of drug-likeness (QED) is 0.296. The SMILES string of the molecule is CC(=O)O[C@H]1CC/C(C)=C\[C@@H]2OC(=O)[C@]3(C)O[C@@]23[C@@H](O)[C@H]2[C@@H](C)[C@H](OC(C)=O)C=C[C@@]21C. The molecule has 32 heavy (non-hydrogen) atoms. The van der Waals surface area contributed by atoms with Gasteiger partial charge in [-0.2, -0.15) is 0 Å². The minimum absolute atomic E-state index is 0.342. The highest BCUT2D eigenvalue weighted by Gasteiger charge is 2.85. The van der Waals surface area contributed by atoms with Crippen molar-refractivity contribution in [1.82, 2.24) is 0 Å². The summed E-state index contributed by atoms with van der Waals surface area (Å²) in [5.41, 5.74) is -2.35. The van der Waals surface area contributed by atoms with Crippen molar-refractivity contribution in [3.8, 4) is 0 Å². The molecule has 176 valence electrons. The van der Waals surface area contributed by atoms with Crippen LogP contribution in [-0.2, 0) is 33.3 Å². The third-order valence-corrected chi connectivity index (χ3v) is 7.89. The van der Waals surface area contributed by atoms with E-state index in [0.717, 1.165) is 5.57 Å². The lowest BCUT2D eigenvalue weighted by Crippen LogP contribution is -2.59. The van der Waals surface area contributed by atoms with Gasteiger partial charge in [-0.15, -0.1) is 0 Å². The fraction of sp³-hybridized carbons (Fsp3) is 0.708. The zero-order valence-electron chi connectivity index (χ0n) is 19.4. The summed E-state index contributed by atoms with van der Waals surface area (Å²) in [6.07, 6.45) is 3.69. The molecule has 1 N–H and O–H groups in total. The topological polar surface area (TPSA) is 112 Å². The number of aliphatic hydroxyl groups excluding tert-OH is 1. The zero-order valence-corrected chi connectivity index (χ0v) is 19.4. The first-order valence-electron chi connectivity index (χ1n) is 11.2. The summed E-state index contributed by atoms with van der Waals surface area (Å²) in [6.45, 7) is 10.1. The average Bonchev–Trinajstić information content (AvgIpc) is 3.28. The van der Waals surface area contributed by atoms with E-state index in [4.69, 9.17) is 18.9 Å². The monoisotopic (exact) mass is 448 g/mol. The molecule has 0 aromatic heterocycles.